The summed E-state index contributed by atoms with van der Waals surface area (Å²) >= 11 is 0. The number of aromatic nitrogens is 4. The summed E-state index contributed by atoms with van der Waals surface area (Å²) in [6.07, 6.45) is 4.12. The molecular weight excluding hydrogens is 585 g/mol. The van der Waals surface area contributed by atoms with Crippen LogP contribution in [0.25, 0.3) is 88.5 Å². The first-order chi connectivity index (χ1) is 23.8. The van der Waals surface area contributed by atoms with Crippen molar-refractivity contribution >= 4 is 49.1 Å². The molecule has 10 rings (SSSR count). The largest absolute Gasteiger partial charge is 0.309 e. The number of para-hydroxylation sites is 3. The average molecular weight is 613 g/mol. The number of rotatable bonds is 4. The van der Waals surface area contributed by atoms with E-state index in [1.165, 1.54) is 27.2 Å². The van der Waals surface area contributed by atoms with Gasteiger partial charge < -0.3 is 8.97 Å². The van der Waals surface area contributed by atoms with Gasteiger partial charge in [0.05, 0.1) is 27.9 Å². The molecule has 4 nitrogen and oxygen atoms in total. The third-order valence-corrected chi connectivity index (χ3v) is 9.51. The van der Waals surface area contributed by atoms with E-state index in [1.807, 2.05) is 24.4 Å². The zero-order chi connectivity index (χ0) is 31.6. The number of hydrogen-bond acceptors (Lipinski definition) is 2. The fraction of sp³-hybridized carbons (Fsp3) is 0. The van der Waals surface area contributed by atoms with Gasteiger partial charge in [0.1, 0.15) is 5.65 Å². The number of hydrogen-bond donors (Lipinski definition) is 0. The van der Waals surface area contributed by atoms with E-state index in [1.54, 1.807) is 0 Å². The van der Waals surface area contributed by atoms with Gasteiger partial charge in [-0.15, -0.1) is 0 Å². The van der Waals surface area contributed by atoms with Crippen LogP contribution in [0.15, 0.2) is 170 Å². The van der Waals surface area contributed by atoms with E-state index in [-0.39, 0.29) is 0 Å². The SMILES string of the molecule is c1ccc(-n2c3ccccc3c3c4c(ccc32)c(-c2cccc(-c3cccc(-c5cn6ccccc6n5)c3)c2)nc2ccccc24)cc1. The second kappa shape index (κ2) is 10.5. The Morgan fingerprint density at radius 2 is 1.15 bits per heavy atom. The molecule has 0 bridgehead atoms. The van der Waals surface area contributed by atoms with E-state index in [0.29, 0.717) is 0 Å². The molecule has 0 spiro atoms. The summed E-state index contributed by atoms with van der Waals surface area (Å²) in [5.41, 5.74) is 11.9. The normalized spacial score (nSPS) is 11.8. The first-order valence-electron chi connectivity index (χ1n) is 16.3. The minimum atomic E-state index is 0.940. The van der Waals surface area contributed by atoms with Gasteiger partial charge in [0.15, 0.2) is 0 Å². The van der Waals surface area contributed by atoms with Gasteiger partial charge in [-0.2, -0.15) is 0 Å². The van der Waals surface area contributed by atoms with Gasteiger partial charge >= 0.3 is 0 Å². The lowest BCUT2D eigenvalue weighted by Crippen LogP contribution is -1.94. The Morgan fingerprint density at radius 3 is 2.00 bits per heavy atom. The minimum absolute atomic E-state index is 0.940. The number of pyridine rings is 2. The summed E-state index contributed by atoms with van der Waals surface area (Å²) in [6, 6.07) is 56.0. The third kappa shape index (κ3) is 4.10. The van der Waals surface area contributed by atoms with Crippen molar-refractivity contribution in [3.05, 3.63) is 170 Å². The molecule has 0 atom stereocenters. The zero-order valence-electron chi connectivity index (χ0n) is 26.0. The van der Waals surface area contributed by atoms with Gasteiger partial charge in [-0.05, 0) is 65.7 Å². The lowest BCUT2D eigenvalue weighted by atomic mass is 9.94. The molecule has 4 aromatic heterocycles. The molecule has 48 heavy (non-hydrogen) atoms. The zero-order valence-corrected chi connectivity index (χ0v) is 26.0. The molecule has 0 saturated carbocycles. The predicted octanol–water partition coefficient (Wildman–Crippen LogP) is 11.1. The summed E-state index contributed by atoms with van der Waals surface area (Å²) in [5.74, 6) is 0. The van der Waals surface area contributed by atoms with Gasteiger partial charge in [0, 0.05) is 56.1 Å². The lowest BCUT2D eigenvalue weighted by molar-refractivity contribution is 1.18. The van der Waals surface area contributed by atoms with Gasteiger partial charge in [0.2, 0.25) is 0 Å². The van der Waals surface area contributed by atoms with Crippen molar-refractivity contribution in [1.29, 1.82) is 0 Å². The van der Waals surface area contributed by atoms with Crippen molar-refractivity contribution in [2.24, 2.45) is 0 Å². The number of benzene rings is 6. The highest BCUT2D eigenvalue weighted by molar-refractivity contribution is 6.29. The van der Waals surface area contributed by atoms with E-state index in [0.717, 1.165) is 61.3 Å². The van der Waals surface area contributed by atoms with E-state index in [2.05, 4.69) is 155 Å². The van der Waals surface area contributed by atoms with E-state index in [4.69, 9.17) is 9.97 Å². The Hall–Kier alpha value is -6.52. The molecule has 4 heteroatoms. The van der Waals surface area contributed by atoms with E-state index in [9.17, 15) is 0 Å². The first-order valence-corrected chi connectivity index (χ1v) is 16.3. The smallest absolute Gasteiger partial charge is 0.137 e. The van der Waals surface area contributed by atoms with Crippen LogP contribution in [0.1, 0.15) is 0 Å². The lowest BCUT2D eigenvalue weighted by Gasteiger charge is -2.13. The molecule has 0 fully saturated rings. The average Bonchev–Trinajstić information content (AvgIpc) is 3.75. The number of nitrogens with zero attached hydrogens (tertiary/aromatic N) is 4. The topological polar surface area (TPSA) is 35.1 Å². The van der Waals surface area contributed by atoms with Crippen LogP contribution in [0.3, 0.4) is 0 Å². The van der Waals surface area contributed by atoms with Crippen LogP contribution in [0, 0.1) is 0 Å². The molecule has 4 heterocycles. The number of fused-ring (bicyclic) bond motifs is 8. The van der Waals surface area contributed by atoms with Gasteiger partial charge in [-0.1, -0.05) is 103 Å². The van der Waals surface area contributed by atoms with Crippen LogP contribution in [-0.2, 0) is 0 Å². The fourth-order valence-electron chi connectivity index (χ4n) is 7.35. The summed E-state index contributed by atoms with van der Waals surface area (Å²) < 4.78 is 4.45. The Morgan fingerprint density at radius 1 is 0.438 bits per heavy atom. The fourth-order valence-corrected chi connectivity index (χ4v) is 7.35. The predicted molar refractivity (Wildman–Crippen MR) is 199 cm³/mol. The van der Waals surface area contributed by atoms with Crippen LogP contribution in [0.2, 0.25) is 0 Å². The molecule has 0 aliphatic heterocycles. The Labute approximate surface area is 276 Å². The van der Waals surface area contributed by atoms with Gasteiger partial charge in [0.25, 0.3) is 0 Å². The summed E-state index contributed by atoms with van der Waals surface area (Å²) in [4.78, 5) is 10.2. The Bertz CT molecular complexity index is 2810. The van der Waals surface area contributed by atoms with Crippen molar-refractivity contribution in [2.45, 2.75) is 0 Å². The maximum Gasteiger partial charge on any atom is 0.137 e. The molecule has 0 aliphatic rings. The molecule has 0 unspecified atom stereocenters. The quantitative estimate of drug-likeness (QED) is 0.185. The second-order valence-corrected chi connectivity index (χ2v) is 12.3. The minimum Gasteiger partial charge on any atom is -0.309 e. The maximum atomic E-state index is 5.33. The molecule has 0 N–H and O–H groups in total. The van der Waals surface area contributed by atoms with Crippen LogP contribution < -0.4 is 0 Å². The highest BCUT2D eigenvalue weighted by Gasteiger charge is 2.19. The molecule has 6 aromatic carbocycles. The summed E-state index contributed by atoms with van der Waals surface area (Å²) in [6.45, 7) is 0. The maximum absolute atomic E-state index is 5.33. The first kappa shape index (κ1) is 26.7. The van der Waals surface area contributed by atoms with E-state index >= 15 is 0 Å². The van der Waals surface area contributed by atoms with Crippen molar-refractivity contribution in [3.63, 3.8) is 0 Å². The summed E-state index contributed by atoms with van der Waals surface area (Å²) in [5, 5.41) is 6.03. The van der Waals surface area contributed by atoms with Crippen LogP contribution in [0.4, 0.5) is 0 Å². The number of imidazole rings is 1. The molecule has 224 valence electrons. The van der Waals surface area contributed by atoms with Gasteiger partial charge in [-0.3, -0.25) is 0 Å². The van der Waals surface area contributed by atoms with Crippen LogP contribution >= 0.6 is 0 Å². The molecule has 10 aromatic rings. The Kier molecular flexibility index (Phi) is 5.84. The van der Waals surface area contributed by atoms with Crippen molar-refractivity contribution in [3.8, 4) is 39.3 Å². The molecule has 0 aliphatic carbocycles. The summed E-state index contributed by atoms with van der Waals surface area (Å²) in [7, 11) is 0. The van der Waals surface area contributed by atoms with Crippen molar-refractivity contribution in [2.75, 3.05) is 0 Å². The molecule has 0 radical (unpaired) electrons. The highest BCUT2D eigenvalue weighted by Crippen LogP contribution is 2.42. The molecule has 0 saturated heterocycles. The van der Waals surface area contributed by atoms with Crippen molar-refractivity contribution < 1.29 is 0 Å². The van der Waals surface area contributed by atoms with E-state index < -0.39 is 0 Å². The monoisotopic (exact) mass is 612 g/mol. The van der Waals surface area contributed by atoms with Crippen molar-refractivity contribution in [1.82, 2.24) is 18.9 Å². The third-order valence-electron chi connectivity index (χ3n) is 9.51. The van der Waals surface area contributed by atoms with Gasteiger partial charge in [-0.25, -0.2) is 9.97 Å². The molecular formula is C44H28N4. The second-order valence-electron chi connectivity index (χ2n) is 12.3. The van der Waals surface area contributed by atoms with Crippen LogP contribution in [-0.4, -0.2) is 18.9 Å². The standard InChI is InChI=1S/C44H28N4/c1-2-16-33(17-3-1)48-39-21-7-5-19-35(39)43-40(48)24-23-36-42(43)34-18-4-6-20-37(34)46-44(36)32-15-11-13-30(27-32)29-12-10-14-31(26-29)38-28-47-25-9-8-22-41(47)45-38/h1-28H. The Balaban J connectivity index is 1.20. The molecule has 0 amide bonds. The highest BCUT2D eigenvalue weighted by atomic mass is 15.0. The van der Waals surface area contributed by atoms with Crippen LogP contribution in [0.5, 0.6) is 0 Å².